The van der Waals surface area contributed by atoms with E-state index in [0.717, 1.165) is 5.56 Å². The van der Waals surface area contributed by atoms with Gasteiger partial charge in [0.15, 0.2) is 5.69 Å². The van der Waals surface area contributed by atoms with Crippen LogP contribution in [0.1, 0.15) is 21.7 Å². The second kappa shape index (κ2) is 5.05. The molecule has 0 spiro atoms. The lowest BCUT2D eigenvalue weighted by Gasteiger charge is -2.16. The summed E-state index contributed by atoms with van der Waals surface area (Å²) >= 11 is 0. The van der Waals surface area contributed by atoms with Gasteiger partial charge in [-0.25, -0.2) is 14.8 Å². The molecule has 2 heterocycles. The van der Waals surface area contributed by atoms with Crippen molar-refractivity contribution in [1.82, 2.24) is 19.7 Å². The van der Waals surface area contributed by atoms with Gasteiger partial charge in [0.1, 0.15) is 0 Å². The second-order valence-electron chi connectivity index (χ2n) is 4.38. The van der Waals surface area contributed by atoms with E-state index < -0.39 is 5.97 Å². The number of carbonyl (C=O) groups is 1. The molecular formula is C12H15N5O2. The number of hydrogen-bond donors (Lipinski definition) is 1. The number of carboxylic acids is 1. The standard InChI is InChI=1S/C12H15N5O2/c1-8-4-10(11(18)19)15-12(14-8)16(2)6-9-5-13-17(3)7-9/h4-5,7H,6H2,1-3H3,(H,18,19). The minimum atomic E-state index is -1.05. The topological polar surface area (TPSA) is 84.1 Å². The average Bonchev–Trinajstić information content (AvgIpc) is 2.73. The Morgan fingerprint density at radius 3 is 2.79 bits per heavy atom. The van der Waals surface area contributed by atoms with Gasteiger partial charge in [0.25, 0.3) is 0 Å². The molecule has 1 N–H and O–H groups in total. The third kappa shape index (κ3) is 3.06. The summed E-state index contributed by atoms with van der Waals surface area (Å²) in [5.41, 5.74) is 1.63. The lowest BCUT2D eigenvalue weighted by atomic mass is 10.3. The Morgan fingerprint density at radius 2 is 2.21 bits per heavy atom. The molecule has 7 nitrogen and oxygen atoms in total. The van der Waals surface area contributed by atoms with Crippen LogP contribution < -0.4 is 4.90 Å². The van der Waals surface area contributed by atoms with Crippen LogP contribution in [0.3, 0.4) is 0 Å². The summed E-state index contributed by atoms with van der Waals surface area (Å²) in [6.07, 6.45) is 3.65. The van der Waals surface area contributed by atoms with Gasteiger partial charge in [-0.3, -0.25) is 4.68 Å². The van der Waals surface area contributed by atoms with Crippen LogP contribution in [0.25, 0.3) is 0 Å². The van der Waals surface area contributed by atoms with Crippen molar-refractivity contribution < 1.29 is 9.90 Å². The highest BCUT2D eigenvalue weighted by Gasteiger charge is 2.12. The Kier molecular flexibility index (Phi) is 3.46. The van der Waals surface area contributed by atoms with Gasteiger partial charge in [-0.1, -0.05) is 0 Å². The quantitative estimate of drug-likeness (QED) is 0.878. The number of anilines is 1. The highest BCUT2D eigenvalue weighted by atomic mass is 16.4. The zero-order valence-corrected chi connectivity index (χ0v) is 11.0. The smallest absolute Gasteiger partial charge is 0.354 e. The molecule has 0 aromatic carbocycles. The summed E-state index contributed by atoms with van der Waals surface area (Å²) in [4.78, 5) is 21.0. The van der Waals surface area contributed by atoms with Crippen LogP contribution in [0.4, 0.5) is 5.95 Å². The van der Waals surface area contributed by atoms with E-state index in [0.29, 0.717) is 18.2 Å². The molecule has 0 atom stereocenters. The Labute approximate surface area is 110 Å². The predicted molar refractivity (Wildman–Crippen MR) is 69.0 cm³/mol. The van der Waals surface area contributed by atoms with Crippen molar-refractivity contribution in [3.63, 3.8) is 0 Å². The molecule has 2 aromatic heterocycles. The van der Waals surface area contributed by atoms with Crippen molar-refractivity contribution in [2.45, 2.75) is 13.5 Å². The number of carboxylic acid groups (broad SMARTS) is 1. The Balaban J connectivity index is 2.23. The van der Waals surface area contributed by atoms with Gasteiger partial charge in [0.2, 0.25) is 5.95 Å². The van der Waals surface area contributed by atoms with Gasteiger partial charge in [-0.05, 0) is 13.0 Å². The molecule has 0 saturated heterocycles. The van der Waals surface area contributed by atoms with Crippen LogP contribution in [0.5, 0.6) is 0 Å². The summed E-state index contributed by atoms with van der Waals surface area (Å²) in [7, 11) is 3.66. The first-order valence-electron chi connectivity index (χ1n) is 5.73. The summed E-state index contributed by atoms with van der Waals surface area (Å²) in [6.45, 7) is 2.31. The van der Waals surface area contributed by atoms with Crippen LogP contribution in [-0.2, 0) is 13.6 Å². The van der Waals surface area contributed by atoms with E-state index in [-0.39, 0.29) is 5.69 Å². The van der Waals surface area contributed by atoms with Gasteiger partial charge in [0, 0.05) is 38.1 Å². The minimum Gasteiger partial charge on any atom is -0.477 e. The SMILES string of the molecule is Cc1cc(C(=O)O)nc(N(C)Cc2cnn(C)c2)n1. The molecule has 2 rings (SSSR count). The van der Waals surface area contributed by atoms with Crippen molar-refractivity contribution >= 4 is 11.9 Å². The van der Waals surface area contributed by atoms with E-state index in [1.165, 1.54) is 6.07 Å². The van der Waals surface area contributed by atoms with Crippen LogP contribution in [0.2, 0.25) is 0 Å². The van der Waals surface area contributed by atoms with E-state index in [9.17, 15) is 4.79 Å². The van der Waals surface area contributed by atoms with Gasteiger partial charge in [-0.15, -0.1) is 0 Å². The predicted octanol–water partition coefficient (Wildman–Crippen LogP) is 0.853. The van der Waals surface area contributed by atoms with Crippen molar-refractivity contribution in [3.8, 4) is 0 Å². The molecule has 0 aliphatic heterocycles. The highest BCUT2D eigenvalue weighted by molar-refractivity contribution is 5.85. The lowest BCUT2D eigenvalue weighted by molar-refractivity contribution is 0.0690. The molecular weight excluding hydrogens is 246 g/mol. The van der Waals surface area contributed by atoms with E-state index in [1.807, 2.05) is 20.3 Å². The summed E-state index contributed by atoms with van der Waals surface area (Å²) in [5, 5.41) is 13.1. The number of aryl methyl sites for hydroxylation is 2. The van der Waals surface area contributed by atoms with Crippen molar-refractivity contribution in [2.75, 3.05) is 11.9 Å². The van der Waals surface area contributed by atoms with Gasteiger partial charge < -0.3 is 10.0 Å². The molecule has 0 amide bonds. The molecule has 0 saturated carbocycles. The number of aromatic nitrogens is 4. The number of nitrogens with zero attached hydrogens (tertiary/aromatic N) is 5. The first-order valence-corrected chi connectivity index (χ1v) is 5.73. The maximum atomic E-state index is 11.0. The van der Waals surface area contributed by atoms with Crippen molar-refractivity contribution in [2.24, 2.45) is 7.05 Å². The van der Waals surface area contributed by atoms with Crippen molar-refractivity contribution in [1.29, 1.82) is 0 Å². The van der Waals surface area contributed by atoms with Crippen LogP contribution >= 0.6 is 0 Å². The summed E-state index contributed by atoms with van der Waals surface area (Å²) in [6, 6.07) is 1.45. The number of rotatable bonds is 4. The monoisotopic (exact) mass is 261 g/mol. The fraction of sp³-hybridized carbons (Fsp3) is 0.333. The minimum absolute atomic E-state index is 0.000497. The van der Waals surface area contributed by atoms with Gasteiger partial charge in [0.05, 0.1) is 6.20 Å². The van der Waals surface area contributed by atoms with Crippen LogP contribution in [0.15, 0.2) is 18.5 Å². The number of aromatic carboxylic acids is 1. The molecule has 19 heavy (non-hydrogen) atoms. The Morgan fingerprint density at radius 1 is 1.47 bits per heavy atom. The van der Waals surface area contributed by atoms with Gasteiger partial charge in [-0.2, -0.15) is 5.10 Å². The zero-order valence-electron chi connectivity index (χ0n) is 11.0. The molecule has 7 heteroatoms. The normalized spacial score (nSPS) is 10.5. The first kappa shape index (κ1) is 13.0. The van der Waals surface area contributed by atoms with Gasteiger partial charge >= 0.3 is 5.97 Å². The van der Waals surface area contributed by atoms with Crippen LogP contribution in [-0.4, -0.2) is 37.9 Å². The third-order valence-electron chi connectivity index (χ3n) is 2.58. The first-order chi connectivity index (χ1) is 8.95. The molecule has 2 aromatic rings. The summed E-state index contributed by atoms with van der Waals surface area (Å²) in [5.74, 6) is -0.664. The van der Waals surface area contributed by atoms with Crippen molar-refractivity contribution in [3.05, 3.63) is 35.4 Å². The van der Waals surface area contributed by atoms with Crippen LogP contribution in [0, 0.1) is 6.92 Å². The Bertz CT molecular complexity index is 608. The molecule has 0 aliphatic rings. The zero-order chi connectivity index (χ0) is 14.0. The fourth-order valence-electron chi connectivity index (χ4n) is 1.73. The Hall–Kier alpha value is -2.44. The molecule has 0 aliphatic carbocycles. The largest absolute Gasteiger partial charge is 0.477 e. The molecule has 0 unspecified atom stereocenters. The second-order valence-corrected chi connectivity index (χ2v) is 4.38. The fourth-order valence-corrected chi connectivity index (χ4v) is 1.73. The van der Waals surface area contributed by atoms with E-state index in [1.54, 1.807) is 22.7 Å². The molecule has 0 radical (unpaired) electrons. The molecule has 0 fully saturated rings. The molecule has 0 bridgehead atoms. The molecule has 100 valence electrons. The third-order valence-corrected chi connectivity index (χ3v) is 2.58. The maximum absolute atomic E-state index is 11.0. The van der Waals surface area contributed by atoms with E-state index >= 15 is 0 Å². The number of hydrogen-bond acceptors (Lipinski definition) is 5. The average molecular weight is 261 g/mol. The van der Waals surface area contributed by atoms with E-state index in [2.05, 4.69) is 15.1 Å². The summed E-state index contributed by atoms with van der Waals surface area (Å²) < 4.78 is 1.71. The highest BCUT2D eigenvalue weighted by Crippen LogP contribution is 2.12. The lowest BCUT2D eigenvalue weighted by Crippen LogP contribution is -2.20. The van der Waals surface area contributed by atoms with E-state index in [4.69, 9.17) is 5.11 Å². The maximum Gasteiger partial charge on any atom is 0.354 e.